The third kappa shape index (κ3) is 6.78. The molecular weight excluding hydrogens is 322 g/mol. The largest absolute Gasteiger partial charge is 0.375 e. The van der Waals surface area contributed by atoms with Crippen molar-refractivity contribution in [2.45, 2.75) is 109 Å². The summed E-state index contributed by atoms with van der Waals surface area (Å²) in [6.07, 6.45) is 7.98. The highest BCUT2D eigenvalue weighted by Gasteiger charge is 2.41. The van der Waals surface area contributed by atoms with E-state index in [9.17, 15) is 8.78 Å². The third-order valence-electron chi connectivity index (χ3n) is 6.01. The van der Waals surface area contributed by atoms with E-state index in [1.54, 1.807) is 0 Å². The molecule has 0 aromatic carbocycles. The predicted octanol–water partition coefficient (Wildman–Crippen LogP) is 6.02. The van der Waals surface area contributed by atoms with Crippen LogP contribution in [0.25, 0.3) is 0 Å². The summed E-state index contributed by atoms with van der Waals surface area (Å²) in [6, 6.07) is 0. The summed E-state index contributed by atoms with van der Waals surface area (Å²) < 4.78 is 39.8. The zero-order valence-electron chi connectivity index (χ0n) is 16.2. The van der Waals surface area contributed by atoms with Gasteiger partial charge in [-0.3, -0.25) is 0 Å². The van der Waals surface area contributed by atoms with Crippen LogP contribution in [0.15, 0.2) is 0 Å². The van der Waals surface area contributed by atoms with Gasteiger partial charge in [0.2, 0.25) is 0 Å². The lowest BCUT2D eigenvalue weighted by molar-refractivity contribution is -0.123. The minimum absolute atomic E-state index is 0.505. The van der Waals surface area contributed by atoms with Crippen LogP contribution in [0.3, 0.4) is 0 Å². The standard InChI is InChI=1S/C21H38F2O2/c1-3-5-6-7-16-8-10-17(11-9-16)15-25-19-13-12-18(24-14-4-2)20(22)21(19)23/h16-21H,3-15H2,1-2H3. The number of alkyl halides is 2. The zero-order valence-corrected chi connectivity index (χ0v) is 16.2. The quantitative estimate of drug-likeness (QED) is 0.443. The zero-order chi connectivity index (χ0) is 18.1. The Balaban J connectivity index is 1.63. The molecule has 0 aliphatic heterocycles. The van der Waals surface area contributed by atoms with Crippen LogP contribution in [0.1, 0.15) is 84.5 Å². The van der Waals surface area contributed by atoms with Crippen LogP contribution in [0.4, 0.5) is 8.78 Å². The predicted molar refractivity (Wildman–Crippen MR) is 98.4 cm³/mol. The monoisotopic (exact) mass is 360 g/mol. The van der Waals surface area contributed by atoms with Gasteiger partial charge in [0.15, 0.2) is 12.3 Å². The first-order valence-electron chi connectivity index (χ1n) is 10.7. The lowest BCUT2D eigenvalue weighted by atomic mass is 9.80. The molecular formula is C21H38F2O2. The van der Waals surface area contributed by atoms with E-state index in [2.05, 4.69) is 6.92 Å². The Morgan fingerprint density at radius 1 is 0.720 bits per heavy atom. The summed E-state index contributed by atoms with van der Waals surface area (Å²) in [5, 5.41) is 0. The second kappa shape index (κ2) is 11.5. The maximum Gasteiger partial charge on any atom is 0.160 e. The maximum absolute atomic E-state index is 14.3. The van der Waals surface area contributed by atoms with E-state index in [1.807, 2.05) is 6.92 Å². The molecule has 4 heteroatoms. The fourth-order valence-corrected chi connectivity index (χ4v) is 4.31. The fraction of sp³-hybridized carbons (Fsp3) is 1.00. The molecule has 0 spiro atoms. The van der Waals surface area contributed by atoms with Gasteiger partial charge in [0, 0.05) is 13.2 Å². The molecule has 148 valence electrons. The minimum atomic E-state index is -1.54. The van der Waals surface area contributed by atoms with E-state index in [-0.39, 0.29) is 0 Å². The molecule has 0 bridgehead atoms. The number of hydrogen-bond donors (Lipinski definition) is 0. The molecule has 0 heterocycles. The first kappa shape index (κ1) is 21.1. The van der Waals surface area contributed by atoms with Crippen LogP contribution < -0.4 is 0 Å². The Hall–Kier alpha value is -0.220. The molecule has 2 saturated carbocycles. The van der Waals surface area contributed by atoms with Crippen molar-refractivity contribution in [3.05, 3.63) is 0 Å². The summed E-state index contributed by atoms with van der Waals surface area (Å²) in [6.45, 7) is 5.33. The molecule has 2 nitrogen and oxygen atoms in total. The van der Waals surface area contributed by atoms with Crippen LogP contribution in [0.5, 0.6) is 0 Å². The highest BCUT2D eigenvalue weighted by Crippen LogP contribution is 2.34. The number of ether oxygens (including phenoxy) is 2. The third-order valence-corrected chi connectivity index (χ3v) is 6.01. The number of rotatable bonds is 10. The molecule has 0 saturated heterocycles. The average Bonchev–Trinajstić information content (AvgIpc) is 2.63. The molecule has 2 aliphatic carbocycles. The van der Waals surface area contributed by atoms with Gasteiger partial charge in [0.05, 0.1) is 12.2 Å². The van der Waals surface area contributed by atoms with Gasteiger partial charge in [-0.1, -0.05) is 52.4 Å². The first-order chi connectivity index (χ1) is 12.2. The van der Waals surface area contributed by atoms with Crippen LogP contribution in [-0.2, 0) is 9.47 Å². The number of halogens is 2. The fourth-order valence-electron chi connectivity index (χ4n) is 4.31. The highest BCUT2D eigenvalue weighted by atomic mass is 19.2. The maximum atomic E-state index is 14.3. The van der Waals surface area contributed by atoms with Gasteiger partial charge >= 0.3 is 0 Å². The van der Waals surface area contributed by atoms with E-state index in [4.69, 9.17) is 9.47 Å². The Bertz CT molecular complexity index is 345. The molecule has 0 amide bonds. The summed E-state index contributed by atoms with van der Waals surface area (Å²) in [5.74, 6) is 1.40. The van der Waals surface area contributed by atoms with E-state index >= 15 is 0 Å². The normalized spacial score (nSPS) is 36.5. The molecule has 0 N–H and O–H groups in total. The van der Waals surface area contributed by atoms with Crippen molar-refractivity contribution in [2.24, 2.45) is 11.8 Å². The second-order valence-corrected chi connectivity index (χ2v) is 8.13. The lowest BCUT2D eigenvalue weighted by Crippen LogP contribution is -2.47. The van der Waals surface area contributed by atoms with Crippen LogP contribution in [0, 0.1) is 11.8 Å². The van der Waals surface area contributed by atoms with Gasteiger partial charge < -0.3 is 9.47 Å². The Morgan fingerprint density at radius 2 is 1.32 bits per heavy atom. The smallest absolute Gasteiger partial charge is 0.160 e. The van der Waals surface area contributed by atoms with Gasteiger partial charge in [-0.05, 0) is 43.9 Å². The molecule has 0 aromatic heterocycles. The average molecular weight is 361 g/mol. The van der Waals surface area contributed by atoms with Crippen molar-refractivity contribution in [1.82, 2.24) is 0 Å². The van der Waals surface area contributed by atoms with Crippen LogP contribution in [0.2, 0.25) is 0 Å². The molecule has 4 atom stereocenters. The minimum Gasteiger partial charge on any atom is -0.375 e. The summed E-state index contributed by atoms with van der Waals surface area (Å²) in [7, 11) is 0. The van der Waals surface area contributed by atoms with Crippen molar-refractivity contribution in [3.8, 4) is 0 Å². The lowest BCUT2D eigenvalue weighted by Gasteiger charge is -2.36. The molecule has 25 heavy (non-hydrogen) atoms. The van der Waals surface area contributed by atoms with Crippen molar-refractivity contribution in [3.63, 3.8) is 0 Å². The van der Waals surface area contributed by atoms with Gasteiger partial charge in [0.25, 0.3) is 0 Å². The summed E-state index contributed by atoms with van der Waals surface area (Å²) in [4.78, 5) is 0. The molecule has 4 unspecified atom stereocenters. The first-order valence-corrected chi connectivity index (χ1v) is 10.7. The second-order valence-electron chi connectivity index (χ2n) is 8.13. The molecule has 0 aromatic rings. The Kier molecular flexibility index (Phi) is 9.69. The van der Waals surface area contributed by atoms with Crippen molar-refractivity contribution in [2.75, 3.05) is 13.2 Å². The van der Waals surface area contributed by atoms with Gasteiger partial charge in [-0.15, -0.1) is 0 Å². The highest BCUT2D eigenvalue weighted by molar-refractivity contribution is 4.90. The van der Waals surface area contributed by atoms with Crippen LogP contribution >= 0.6 is 0 Å². The van der Waals surface area contributed by atoms with Gasteiger partial charge in [0.1, 0.15) is 0 Å². The number of unbranched alkanes of at least 4 members (excludes halogenated alkanes) is 2. The SMILES string of the molecule is CCCCCC1CCC(COC2CCC(OCCC)C(F)C2F)CC1. The van der Waals surface area contributed by atoms with E-state index in [1.165, 1.54) is 51.4 Å². The van der Waals surface area contributed by atoms with Crippen molar-refractivity contribution >= 4 is 0 Å². The molecule has 0 radical (unpaired) electrons. The molecule has 2 fully saturated rings. The van der Waals surface area contributed by atoms with Gasteiger partial charge in [-0.25, -0.2) is 8.78 Å². The Labute approximate surface area is 153 Å². The van der Waals surface area contributed by atoms with E-state index in [0.717, 1.165) is 12.3 Å². The molecule has 2 aliphatic rings. The van der Waals surface area contributed by atoms with Crippen molar-refractivity contribution in [1.29, 1.82) is 0 Å². The van der Waals surface area contributed by atoms with E-state index in [0.29, 0.717) is 32.0 Å². The summed E-state index contributed by atoms with van der Waals surface area (Å²) in [5.41, 5.74) is 0. The van der Waals surface area contributed by atoms with Gasteiger partial charge in [-0.2, -0.15) is 0 Å². The molecule has 2 rings (SSSR count). The van der Waals surface area contributed by atoms with Crippen molar-refractivity contribution < 1.29 is 18.3 Å². The topological polar surface area (TPSA) is 18.5 Å². The van der Waals surface area contributed by atoms with E-state index < -0.39 is 24.6 Å². The summed E-state index contributed by atoms with van der Waals surface area (Å²) >= 11 is 0. The van der Waals surface area contributed by atoms with Crippen LogP contribution in [-0.4, -0.2) is 37.8 Å². The number of hydrogen-bond acceptors (Lipinski definition) is 2. The Morgan fingerprint density at radius 3 is 1.92 bits per heavy atom.